The lowest BCUT2D eigenvalue weighted by Gasteiger charge is -2.48. The molecule has 0 bridgehead atoms. The zero-order chi connectivity index (χ0) is 33.4. The van der Waals surface area contributed by atoms with Gasteiger partial charge in [-0.3, -0.25) is 14.5 Å². The highest BCUT2D eigenvalue weighted by Gasteiger charge is 2.52. The molecule has 4 aliphatic rings. The van der Waals surface area contributed by atoms with E-state index < -0.39 is 41.4 Å². The highest BCUT2D eigenvalue weighted by molar-refractivity contribution is 6.04. The maximum atomic E-state index is 14.2. The molecule has 2 aliphatic carbocycles. The number of nitrogens with zero attached hydrogens (tertiary/aromatic N) is 3. The molecule has 2 saturated heterocycles. The number of methoxy groups -OCH3 is 1. The normalized spacial score (nSPS) is 42.4. The van der Waals surface area contributed by atoms with Crippen molar-refractivity contribution in [2.75, 3.05) is 55.0 Å². The first-order valence-electron chi connectivity index (χ1n) is 17.3. The minimum atomic E-state index is -1.39. The minimum Gasteiger partial charge on any atom is -0.463 e. The Morgan fingerprint density at radius 3 is 2.27 bits per heavy atom. The second-order valence-corrected chi connectivity index (χ2v) is 16.1. The largest absolute Gasteiger partial charge is 0.463 e. The fourth-order valence-electron chi connectivity index (χ4n) is 8.22. The van der Waals surface area contributed by atoms with Crippen molar-refractivity contribution in [3.8, 4) is 0 Å². The predicted molar refractivity (Wildman–Crippen MR) is 174 cm³/mol. The highest BCUT2D eigenvalue weighted by atomic mass is 16.7. The highest BCUT2D eigenvalue weighted by Crippen LogP contribution is 2.41. The van der Waals surface area contributed by atoms with Crippen molar-refractivity contribution >= 4 is 11.8 Å². The van der Waals surface area contributed by atoms with Crippen LogP contribution >= 0.6 is 0 Å². The van der Waals surface area contributed by atoms with Gasteiger partial charge < -0.3 is 33.9 Å². The van der Waals surface area contributed by atoms with Crippen molar-refractivity contribution in [1.82, 2.24) is 14.7 Å². The van der Waals surface area contributed by atoms with E-state index in [0.29, 0.717) is 24.8 Å². The third-order valence-electron chi connectivity index (χ3n) is 11.5. The number of rotatable bonds is 8. The Morgan fingerprint density at radius 2 is 1.69 bits per heavy atom. The number of ether oxygens (including phenoxy) is 4. The van der Waals surface area contributed by atoms with Crippen LogP contribution in [0.15, 0.2) is 0 Å². The van der Waals surface area contributed by atoms with Crippen LogP contribution in [0.25, 0.3) is 0 Å². The van der Waals surface area contributed by atoms with Gasteiger partial charge in [0, 0.05) is 44.2 Å². The number of aliphatic hydroxyl groups is 1. The summed E-state index contributed by atoms with van der Waals surface area (Å²) in [7, 11) is 9.89. The van der Waals surface area contributed by atoms with Gasteiger partial charge in [0.1, 0.15) is 18.1 Å². The molecule has 0 aromatic carbocycles. The molecule has 260 valence electrons. The van der Waals surface area contributed by atoms with Gasteiger partial charge in [0.2, 0.25) is 0 Å². The van der Waals surface area contributed by atoms with Crippen LogP contribution in [0.1, 0.15) is 80.1 Å². The Balaban J connectivity index is 1.59. The summed E-state index contributed by atoms with van der Waals surface area (Å²) in [5.41, 5.74) is -2.29. The summed E-state index contributed by atoms with van der Waals surface area (Å²) in [6.07, 6.45) is 3.36. The van der Waals surface area contributed by atoms with Crippen molar-refractivity contribution in [2.45, 2.75) is 128 Å². The molecule has 4 fully saturated rings. The summed E-state index contributed by atoms with van der Waals surface area (Å²) in [5, 5.41) is 11.3. The van der Waals surface area contributed by atoms with Crippen molar-refractivity contribution in [3.05, 3.63) is 0 Å². The average Bonchev–Trinajstić information content (AvgIpc) is 3.75. The summed E-state index contributed by atoms with van der Waals surface area (Å²) in [4.78, 5) is 34.7. The van der Waals surface area contributed by atoms with Crippen LogP contribution in [0.2, 0.25) is 0 Å². The van der Waals surface area contributed by atoms with Gasteiger partial charge in [-0.25, -0.2) is 0 Å². The van der Waals surface area contributed by atoms with E-state index >= 15 is 0 Å². The molecule has 10 heteroatoms. The first-order chi connectivity index (χ1) is 21.0. The number of hydrogen-bond acceptors (Lipinski definition) is 10. The molecular weight excluding hydrogens is 574 g/mol. The molecular formula is C35H63N3O7. The zero-order valence-electron chi connectivity index (χ0n) is 30.0. The lowest BCUT2D eigenvalue weighted by atomic mass is 9.74. The molecule has 0 aromatic heterocycles. The summed E-state index contributed by atoms with van der Waals surface area (Å²) < 4.78 is 25.1. The number of Topliss-reactive ketones (excluding diaryl/α,β-unsaturated/α-hetero) is 1. The van der Waals surface area contributed by atoms with Crippen LogP contribution in [0.5, 0.6) is 0 Å². The van der Waals surface area contributed by atoms with E-state index in [-0.39, 0.29) is 36.5 Å². The van der Waals surface area contributed by atoms with Crippen LogP contribution in [0.3, 0.4) is 0 Å². The number of hydrogen-bond donors (Lipinski definition) is 1. The number of aliphatic hydroxyl groups excluding tert-OH is 1. The third-order valence-corrected chi connectivity index (χ3v) is 11.5. The van der Waals surface area contributed by atoms with Gasteiger partial charge in [0.05, 0.1) is 17.8 Å². The minimum absolute atomic E-state index is 0.0714. The van der Waals surface area contributed by atoms with E-state index in [0.717, 1.165) is 25.3 Å². The Kier molecular flexibility index (Phi) is 11.9. The van der Waals surface area contributed by atoms with Gasteiger partial charge >= 0.3 is 5.97 Å². The van der Waals surface area contributed by atoms with E-state index in [1.54, 1.807) is 27.9 Å². The van der Waals surface area contributed by atoms with Gasteiger partial charge in [0.15, 0.2) is 12.1 Å². The van der Waals surface area contributed by atoms with Crippen molar-refractivity contribution in [1.29, 1.82) is 0 Å². The van der Waals surface area contributed by atoms with Crippen LogP contribution in [-0.4, -0.2) is 135 Å². The second kappa shape index (κ2) is 14.5. The fourth-order valence-corrected chi connectivity index (χ4v) is 8.22. The number of carbonyl (C=O) groups is 2. The molecule has 9 atom stereocenters. The van der Waals surface area contributed by atoms with E-state index in [1.165, 1.54) is 19.4 Å². The Morgan fingerprint density at radius 1 is 1.04 bits per heavy atom. The molecule has 2 heterocycles. The van der Waals surface area contributed by atoms with E-state index in [4.69, 9.17) is 18.9 Å². The van der Waals surface area contributed by atoms with Crippen molar-refractivity contribution in [2.24, 2.45) is 29.1 Å². The van der Waals surface area contributed by atoms with Gasteiger partial charge in [-0.15, -0.1) is 0 Å². The van der Waals surface area contributed by atoms with Crippen LogP contribution < -0.4 is 0 Å². The van der Waals surface area contributed by atoms with E-state index in [1.807, 2.05) is 32.8 Å². The predicted octanol–water partition coefficient (Wildman–Crippen LogP) is 3.44. The second-order valence-electron chi connectivity index (χ2n) is 16.1. The maximum Gasteiger partial charge on any atom is 0.319 e. The number of ketones is 1. The fraction of sp³-hybridized carbons (Fsp3) is 0.943. The number of cyclic esters (lactones) is 1. The summed E-state index contributed by atoms with van der Waals surface area (Å²) in [6.45, 7) is 13.5. The Hall–Kier alpha value is -1.14. The number of esters is 1. The molecule has 0 unspecified atom stereocenters. The molecule has 2 aliphatic heterocycles. The van der Waals surface area contributed by atoms with E-state index in [2.05, 4.69) is 30.8 Å². The molecule has 45 heavy (non-hydrogen) atoms. The van der Waals surface area contributed by atoms with Gasteiger partial charge in [-0.05, 0) is 112 Å². The summed E-state index contributed by atoms with van der Waals surface area (Å²) in [6, 6.07) is 0.480. The Bertz CT molecular complexity index is 1020. The topological polar surface area (TPSA) is 101 Å². The van der Waals surface area contributed by atoms with Gasteiger partial charge in [-0.2, -0.15) is 0 Å². The molecule has 1 N–H and O–H groups in total. The SMILES string of the molecule is CO[C@]1(C)C[C@@H](C)CN(C)[C@H]([C@H]2C[C@@H](N(C)CC3CC3)C2)COC(=O)C(C)(C)C(=O)[C@H](C)[C@H]1O[C@@H]1O[C@H](C)C[C@H](N(C)C)[C@H]1O. The quantitative estimate of drug-likeness (QED) is 0.315. The van der Waals surface area contributed by atoms with Crippen LogP contribution in [0.4, 0.5) is 0 Å². The first kappa shape index (κ1) is 36.7. The monoisotopic (exact) mass is 637 g/mol. The summed E-state index contributed by atoms with van der Waals surface area (Å²) >= 11 is 0. The lowest BCUT2D eigenvalue weighted by molar-refractivity contribution is -0.295. The Labute approximate surface area is 272 Å². The number of likely N-dealkylation sites (N-methyl/N-ethyl adjacent to an activating group) is 2. The van der Waals surface area contributed by atoms with Crippen LogP contribution in [-0.2, 0) is 28.5 Å². The zero-order valence-corrected chi connectivity index (χ0v) is 30.0. The average molecular weight is 638 g/mol. The van der Waals surface area contributed by atoms with Gasteiger partial charge in [0.25, 0.3) is 0 Å². The molecule has 0 amide bonds. The number of carbonyl (C=O) groups excluding carboxylic acids is 2. The third kappa shape index (κ3) is 8.30. The molecule has 4 rings (SSSR count). The van der Waals surface area contributed by atoms with Gasteiger partial charge in [-0.1, -0.05) is 13.8 Å². The van der Waals surface area contributed by atoms with Crippen molar-refractivity contribution in [3.63, 3.8) is 0 Å². The molecule has 0 aromatic rings. The van der Waals surface area contributed by atoms with Crippen LogP contribution in [0, 0.1) is 29.1 Å². The maximum absolute atomic E-state index is 14.2. The molecule has 10 nitrogen and oxygen atoms in total. The standard InChI is InChI=1S/C35H63N3O7/c1-21-17-35(6,42-11)31(45-32-29(39)27(36(7)8)14-22(2)44-32)23(3)30(40)34(4,5)33(41)43-20-28(38(10)18-21)25-15-26(16-25)37(9)19-24-12-13-24/h21-29,31-32,39H,12-20H2,1-11H3/t21-,22-,23+,25-,26+,27+,28+,29-,31-,32+,35-/m1/s1. The molecule has 0 spiro atoms. The molecule has 2 saturated carbocycles. The lowest BCUT2D eigenvalue weighted by Crippen LogP contribution is -2.59. The van der Waals surface area contributed by atoms with Crippen molar-refractivity contribution < 1.29 is 33.6 Å². The smallest absolute Gasteiger partial charge is 0.319 e. The summed E-state index contributed by atoms with van der Waals surface area (Å²) in [5.74, 6) is -0.0606. The molecule has 0 radical (unpaired) electrons. The van der Waals surface area contributed by atoms with E-state index in [9.17, 15) is 14.7 Å². The first-order valence-corrected chi connectivity index (χ1v) is 17.3.